The lowest BCUT2D eigenvalue weighted by Gasteiger charge is -2.36. The molecule has 0 saturated heterocycles. The molecule has 1 aliphatic heterocycles. The van der Waals surface area contributed by atoms with Gasteiger partial charge in [-0.2, -0.15) is 23.5 Å². The zero-order chi connectivity index (χ0) is 23.6. The summed E-state index contributed by atoms with van der Waals surface area (Å²) in [6, 6.07) is 12.0. The molecule has 0 N–H and O–H groups in total. The molecule has 1 amide bonds. The van der Waals surface area contributed by atoms with E-state index in [-0.39, 0.29) is 19.5 Å². The van der Waals surface area contributed by atoms with Crippen LogP contribution in [0.15, 0.2) is 61.4 Å². The molecule has 33 heavy (non-hydrogen) atoms. The number of nitriles is 1. The maximum Gasteiger partial charge on any atom is 0.389 e. The topological polar surface area (TPSA) is 74.8 Å². The molecule has 0 radical (unpaired) electrons. The normalized spacial score (nSPS) is 15.6. The van der Waals surface area contributed by atoms with Crippen molar-refractivity contribution >= 4 is 5.91 Å². The van der Waals surface area contributed by atoms with Crippen LogP contribution in [0.2, 0.25) is 0 Å². The molecule has 168 valence electrons. The molecule has 0 fully saturated rings. The van der Waals surface area contributed by atoms with Gasteiger partial charge in [-0.1, -0.05) is 18.7 Å². The Morgan fingerprint density at radius 3 is 2.67 bits per heavy atom. The second-order valence-corrected chi connectivity index (χ2v) is 7.76. The lowest BCUT2D eigenvalue weighted by atomic mass is 9.97. The van der Waals surface area contributed by atoms with Crippen LogP contribution in [-0.4, -0.2) is 37.8 Å². The molecule has 0 saturated carbocycles. The van der Waals surface area contributed by atoms with E-state index in [1.807, 2.05) is 18.2 Å². The summed E-state index contributed by atoms with van der Waals surface area (Å²) < 4.78 is 40.4. The van der Waals surface area contributed by atoms with Crippen LogP contribution in [0, 0.1) is 11.3 Å². The van der Waals surface area contributed by atoms with E-state index in [9.17, 15) is 23.2 Å². The highest BCUT2D eigenvalue weighted by Crippen LogP contribution is 2.38. The van der Waals surface area contributed by atoms with Crippen molar-refractivity contribution in [1.82, 2.24) is 19.7 Å². The maximum atomic E-state index is 12.9. The first kappa shape index (κ1) is 22.3. The van der Waals surface area contributed by atoms with Crippen molar-refractivity contribution < 1.29 is 18.0 Å². The summed E-state index contributed by atoms with van der Waals surface area (Å²) >= 11 is 0. The third kappa shape index (κ3) is 4.65. The smallest absolute Gasteiger partial charge is 0.328 e. The second-order valence-electron chi connectivity index (χ2n) is 7.76. The van der Waals surface area contributed by atoms with Gasteiger partial charge in [0.25, 0.3) is 0 Å². The summed E-state index contributed by atoms with van der Waals surface area (Å²) in [4.78, 5) is 18.1. The van der Waals surface area contributed by atoms with Crippen molar-refractivity contribution in [2.24, 2.45) is 0 Å². The number of fused-ring (bicyclic) bond motifs is 1. The van der Waals surface area contributed by atoms with E-state index in [0.29, 0.717) is 22.5 Å². The van der Waals surface area contributed by atoms with E-state index < -0.39 is 24.5 Å². The summed E-state index contributed by atoms with van der Waals surface area (Å²) in [5.74, 6) is -0.427. The number of rotatable bonds is 5. The Bertz CT molecular complexity index is 1230. The van der Waals surface area contributed by atoms with Crippen LogP contribution in [0.3, 0.4) is 0 Å². The number of nitrogens with zero attached hydrogens (tertiary/aromatic N) is 5. The largest absolute Gasteiger partial charge is 0.389 e. The van der Waals surface area contributed by atoms with Crippen molar-refractivity contribution in [3.63, 3.8) is 0 Å². The first-order valence-electron chi connectivity index (χ1n) is 10.3. The van der Waals surface area contributed by atoms with Gasteiger partial charge in [-0.3, -0.25) is 14.5 Å². The Morgan fingerprint density at radius 1 is 1.24 bits per heavy atom. The minimum Gasteiger partial charge on any atom is -0.328 e. The molecule has 9 heteroatoms. The molecule has 2 aromatic heterocycles. The fraction of sp³-hybridized carbons (Fsp3) is 0.250. The molecule has 0 unspecified atom stereocenters. The Labute approximate surface area is 188 Å². The summed E-state index contributed by atoms with van der Waals surface area (Å²) in [6.07, 6.45) is -1.16. The van der Waals surface area contributed by atoms with Crippen LogP contribution in [0.4, 0.5) is 13.2 Å². The van der Waals surface area contributed by atoms with Gasteiger partial charge in [-0.25, -0.2) is 0 Å². The van der Waals surface area contributed by atoms with Gasteiger partial charge in [-0.15, -0.1) is 0 Å². The monoisotopic (exact) mass is 451 g/mol. The molecule has 0 spiro atoms. The minimum absolute atomic E-state index is 0.0932. The number of hydrogen-bond donors (Lipinski definition) is 0. The lowest BCUT2D eigenvalue weighted by molar-refractivity contribution is -0.144. The Morgan fingerprint density at radius 2 is 2.00 bits per heavy atom. The quantitative estimate of drug-likeness (QED) is 0.526. The van der Waals surface area contributed by atoms with Crippen LogP contribution in [0.25, 0.3) is 22.4 Å². The van der Waals surface area contributed by atoms with Gasteiger partial charge < -0.3 is 4.90 Å². The van der Waals surface area contributed by atoms with Crippen LogP contribution in [-0.2, 0) is 17.9 Å². The van der Waals surface area contributed by atoms with Gasteiger partial charge in [0, 0.05) is 29.9 Å². The number of amides is 1. The highest BCUT2D eigenvalue weighted by molar-refractivity contribution is 5.88. The van der Waals surface area contributed by atoms with E-state index in [4.69, 9.17) is 5.10 Å². The zero-order valence-corrected chi connectivity index (χ0v) is 17.6. The number of benzene rings is 1. The van der Waals surface area contributed by atoms with E-state index in [1.165, 1.54) is 4.90 Å². The lowest BCUT2D eigenvalue weighted by Crippen LogP contribution is -2.46. The average Bonchev–Trinajstić information content (AvgIpc) is 3.20. The van der Waals surface area contributed by atoms with Gasteiger partial charge in [-0.05, 0) is 42.3 Å². The van der Waals surface area contributed by atoms with E-state index in [1.54, 1.807) is 35.3 Å². The van der Waals surface area contributed by atoms with Gasteiger partial charge in [0.2, 0.25) is 5.91 Å². The molecule has 6 nitrogen and oxygen atoms in total. The average molecular weight is 451 g/mol. The van der Waals surface area contributed by atoms with Crippen molar-refractivity contribution in [1.29, 1.82) is 5.26 Å². The minimum atomic E-state index is -4.32. The summed E-state index contributed by atoms with van der Waals surface area (Å²) in [5, 5.41) is 14.0. The standard InChI is InChI=1S/C24H20F3N5O/c1-2-21(33)31-15-20-22(17-7-10-29-11-8-17)23(18-5-3-4-16(12-18)13-28)30-32(20)14-19(31)6-9-24(25,26)27/h2-5,7-8,10-12,19H,1,6,9,14-15H2/t19-/m0/s1. The van der Waals surface area contributed by atoms with Crippen molar-refractivity contribution in [3.8, 4) is 28.5 Å². The van der Waals surface area contributed by atoms with Crippen LogP contribution < -0.4 is 0 Å². The number of carbonyl (C=O) groups excluding carboxylic acids is 1. The van der Waals surface area contributed by atoms with E-state index in [2.05, 4.69) is 17.6 Å². The van der Waals surface area contributed by atoms with Crippen molar-refractivity contribution in [3.05, 3.63) is 72.7 Å². The first-order valence-corrected chi connectivity index (χ1v) is 10.3. The van der Waals surface area contributed by atoms with Crippen LogP contribution in [0.5, 0.6) is 0 Å². The molecule has 1 aliphatic rings. The predicted molar refractivity (Wildman–Crippen MR) is 115 cm³/mol. The number of aromatic nitrogens is 3. The van der Waals surface area contributed by atoms with Gasteiger partial charge in [0.05, 0.1) is 36.5 Å². The maximum absolute atomic E-state index is 12.9. The highest BCUT2D eigenvalue weighted by atomic mass is 19.4. The fourth-order valence-corrected chi connectivity index (χ4v) is 4.11. The summed E-state index contributed by atoms with van der Waals surface area (Å²) in [5.41, 5.74) is 4.03. The number of carbonyl (C=O) groups is 1. The Balaban J connectivity index is 1.84. The molecule has 4 rings (SSSR count). The summed E-state index contributed by atoms with van der Waals surface area (Å²) in [7, 11) is 0. The van der Waals surface area contributed by atoms with Gasteiger partial charge >= 0.3 is 6.18 Å². The highest BCUT2D eigenvalue weighted by Gasteiger charge is 2.36. The molecule has 1 aromatic carbocycles. The number of pyridine rings is 1. The Kier molecular flexibility index (Phi) is 6.01. The van der Waals surface area contributed by atoms with Gasteiger partial charge in [0.15, 0.2) is 0 Å². The van der Waals surface area contributed by atoms with E-state index >= 15 is 0 Å². The molecule has 1 atom stereocenters. The van der Waals surface area contributed by atoms with Crippen molar-refractivity contribution in [2.75, 3.05) is 0 Å². The van der Waals surface area contributed by atoms with Crippen LogP contribution in [0.1, 0.15) is 24.1 Å². The molecular formula is C24H20F3N5O. The molecule has 0 aliphatic carbocycles. The number of alkyl halides is 3. The van der Waals surface area contributed by atoms with Gasteiger partial charge in [0.1, 0.15) is 5.69 Å². The molecule has 3 aromatic rings. The third-order valence-corrected chi connectivity index (χ3v) is 5.66. The number of halogens is 3. The Hall–Kier alpha value is -3.93. The summed E-state index contributed by atoms with van der Waals surface area (Å²) in [6.45, 7) is 3.73. The third-order valence-electron chi connectivity index (χ3n) is 5.66. The predicted octanol–water partition coefficient (Wildman–Crippen LogP) is 4.72. The fourth-order valence-electron chi connectivity index (χ4n) is 4.11. The van der Waals surface area contributed by atoms with E-state index in [0.717, 1.165) is 17.2 Å². The molecule has 3 heterocycles. The number of hydrogen-bond acceptors (Lipinski definition) is 4. The second kappa shape index (κ2) is 8.90. The SMILES string of the molecule is C=CC(=O)N1Cc2c(-c3ccncc3)c(-c3cccc(C#N)c3)nn2C[C@@H]1CCC(F)(F)F. The zero-order valence-electron chi connectivity index (χ0n) is 17.6. The molecular weight excluding hydrogens is 431 g/mol. The first-order chi connectivity index (χ1) is 15.8. The van der Waals surface area contributed by atoms with Crippen molar-refractivity contribution in [2.45, 2.75) is 38.1 Å². The molecule has 0 bridgehead atoms. The van der Waals surface area contributed by atoms with Crippen LogP contribution >= 0.6 is 0 Å².